The summed E-state index contributed by atoms with van der Waals surface area (Å²) in [6.07, 6.45) is 0. The molecule has 1 fully saturated rings. The van der Waals surface area contributed by atoms with Crippen LogP contribution in [0.3, 0.4) is 0 Å². The van der Waals surface area contributed by atoms with Gasteiger partial charge in [0.2, 0.25) is 0 Å². The zero-order valence-corrected chi connectivity index (χ0v) is 17.5. The molecule has 0 unspecified atom stereocenters. The number of hydrogen-bond donors (Lipinski definition) is 1. The van der Waals surface area contributed by atoms with Gasteiger partial charge in [0.05, 0.1) is 0 Å². The standard InChI is InChI=1S/C24H29N5/c1-18-7-6-10-22(15-18)28-11-13-29(14-12-28)24-16-23(26-20(3)27-24)25-17-21-9-5-4-8-19(21)2/h4-10,15-16H,11-14,17H2,1-3H3,(H,25,26,27). The van der Waals surface area contributed by atoms with Crippen LogP contribution < -0.4 is 15.1 Å². The highest BCUT2D eigenvalue weighted by Crippen LogP contribution is 2.22. The molecule has 0 radical (unpaired) electrons. The predicted molar refractivity (Wildman–Crippen MR) is 121 cm³/mol. The van der Waals surface area contributed by atoms with E-state index in [1.807, 2.05) is 6.92 Å². The maximum absolute atomic E-state index is 4.70. The first-order valence-electron chi connectivity index (χ1n) is 10.3. The van der Waals surface area contributed by atoms with E-state index in [1.165, 1.54) is 22.4 Å². The largest absolute Gasteiger partial charge is 0.368 e. The average Bonchev–Trinajstić information content (AvgIpc) is 2.73. The SMILES string of the molecule is Cc1cccc(N2CCN(c3cc(NCc4ccccc4C)nc(C)n3)CC2)c1. The van der Waals surface area contributed by atoms with Crippen molar-refractivity contribution >= 4 is 17.3 Å². The van der Waals surface area contributed by atoms with Crippen LogP contribution >= 0.6 is 0 Å². The molecule has 2 heterocycles. The van der Waals surface area contributed by atoms with Crippen LogP contribution in [0.5, 0.6) is 0 Å². The molecule has 4 rings (SSSR count). The van der Waals surface area contributed by atoms with Gasteiger partial charge in [0.1, 0.15) is 17.5 Å². The summed E-state index contributed by atoms with van der Waals surface area (Å²) >= 11 is 0. The second-order valence-corrected chi connectivity index (χ2v) is 7.75. The molecule has 3 aromatic rings. The Morgan fingerprint density at radius 2 is 1.59 bits per heavy atom. The van der Waals surface area contributed by atoms with Crippen molar-refractivity contribution in [2.24, 2.45) is 0 Å². The van der Waals surface area contributed by atoms with Crippen LogP contribution in [0, 0.1) is 20.8 Å². The Morgan fingerprint density at radius 3 is 2.34 bits per heavy atom. The van der Waals surface area contributed by atoms with E-state index in [0.29, 0.717) is 0 Å². The zero-order valence-electron chi connectivity index (χ0n) is 17.5. The smallest absolute Gasteiger partial charge is 0.134 e. The fourth-order valence-corrected chi connectivity index (χ4v) is 3.82. The Balaban J connectivity index is 1.42. The highest BCUT2D eigenvalue weighted by molar-refractivity contribution is 5.53. The fraction of sp³-hybridized carbons (Fsp3) is 0.333. The first-order valence-corrected chi connectivity index (χ1v) is 10.3. The van der Waals surface area contributed by atoms with Crippen LogP contribution in [0.25, 0.3) is 0 Å². The Hall–Kier alpha value is -3.08. The average molecular weight is 388 g/mol. The molecule has 0 amide bonds. The number of hydrogen-bond acceptors (Lipinski definition) is 5. The minimum atomic E-state index is 0.768. The van der Waals surface area contributed by atoms with Crippen LogP contribution in [0.4, 0.5) is 17.3 Å². The van der Waals surface area contributed by atoms with Gasteiger partial charge in [-0.3, -0.25) is 0 Å². The van der Waals surface area contributed by atoms with Crippen molar-refractivity contribution in [3.8, 4) is 0 Å². The van der Waals surface area contributed by atoms with Crippen LogP contribution in [0.1, 0.15) is 22.5 Å². The Morgan fingerprint density at radius 1 is 0.828 bits per heavy atom. The first kappa shape index (κ1) is 19.2. The van der Waals surface area contributed by atoms with E-state index in [4.69, 9.17) is 4.98 Å². The van der Waals surface area contributed by atoms with E-state index in [2.05, 4.69) is 88.5 Å². The van der Waals surface area contributed by atoms with Crippen molar-refractivity contribution in [1.29, 1.82) is 0 Å². The van der Waals surface area contributed by atoms with Gasteiger partial charge >= 0.3 is 0 Å². The van der Waals surface area contributed by atoms with Gasteiger partial charge in [0.25, 0.3) is 0 Å². The van der Waals surface area contributed by atoms with Crippen LogP contribution in [-0.2, 0) is 6.54 Å². The monoisotopic (exact) mass is 387 g/mol. The highest BCUT2D eigenvalue weighted by atomic mass is 15.3. The summed E-state index contributed by atoms with van der Waals surface area (Å²) < 4.78 is 0. The Bertz CT molecular complexity index is 977. The van der Waals surface area contributed by atoms with Crippen molar-refractivity contribution < 1.29 is 0 Å². The number of nitrogens with zero attached hydrogens (tertiary/aromatic N) is 4. The topological polar surface area (TPSA) is 44.3 Å². The molecule has 0 spiro atoms. The number of aryl methyl sites for hydroxylation is 3. The molecule has 1 aliphatic heterocycles. The molecule has 5 nitrogen and oxygen atoms in total. The zero-order chi connectivity index (χ0) is 20.2. The van der Waals surface area contributed by atoms with E-state index in [0.717, 1.165) is 50.2 Å². The van der Waals surface area contributed by atoms with Gasteiger partial charge in [0.15, 0.2) is 0 Å². The van der Waals surface area contributed by atoms with Crippen LogP contribution in [0.2, 0.25) is 0 Å². The number of rotatable bonds is 5. The maximum Gasteiger partial charge on any atom is 0.134 e. The summed E-state index contributed by atoms with van der Waals surface area (Å²) in [5.74, 6) is 2.70. The molecule has 1 aliphatic rings. The van der Waals surface area contributed by atoms with Gasteiger partial charge in [-0.1, -0.05) is 36.4 Å². The number of piperazine rings is 1. The summed E-state index contributed by atoms with van der Waals surface area (Å²) in [7, 11) is 0. The second-order valence-electron chi connectivity index (χ2n) is 7.75. The van der Waals surface area contributed by atoms with Gasteiger partial charge < -0.3 is 15.1 Å². The molecular formula is C24H29N5. The molecule has 0 aliphatic carbocycles. The van der Waals surface area contributed by atoms with Gasteiger partial charge in [-0.05, 0) is 49.6 Å². The van der Waals surface area contributed by atoms with Gasteiger partial charge in [-0.2, -0.15) is 0 Å². The molecule has 1 N–H and O–H groups in total. The Labute approximate surface area is 173 Å². The Kier molecular flexibility index (Phi) is 5.65. The second kappa shape index (κ2) is 8.52. The maximum atomic E-state index is 4.70. The predicted octanol–water partition coefficient (Wildman–Crippen LogP) is 4.34. The molecular weight excluding hydrogens is 358 g/mol. The van der Waals surface area contributed by atoms with E-state index in [-0.39, 0.29) is 0 Å². The van der Waals surface area contributed by atoms with E-state index in [1.54, 1.807) is 0 Å². The summed E-state index contributed by atoms with van der Waals surface area (Å²) in [6, 6.07) is 19.3. The van der Waals surface area contributed by atoms with Crippen LogP contribution in [-0.4, -0.2) is 36.1 Å². The lowest BCUT2D eigenvalue weighted by molar-refractivity contribution is 0.645. The van der Waals surface area contributed by atoms with Gasteiger partial charge in [-0.15, -0.1) is 0 Å². The minimum Gasteiger partial charge on any atom is -0.368 e. The third kappa shape index (κ3) is 4.67. The van der Waals surface area contributed by atoms with E-state index < -0.39 is 0 Å². The molecule has 2 aromatic carbocycles. The van der Waals surface area contributed by atoms with Gasteiger partial charge in [-0.25, -0.2) is 9.97 Å². The number of benzene rings is 2. The molecule has 29 heavy (non-hydrogen) atoms. The number of nitrogens with one attached hydrogen (secondary N) is 1. The van der Waals surface area contributed by atoms with Crippen LogP contribution in [0.15, 0.2) is 54.6 Å². The molecule has 0 atom stereocenters. The van der Waals surface area contributed by atoms with Crippen molar-refractivity contribution in [2.75, 3.05) is 41.3 Å². The molecule has 1 aromatic heterocycles. The quantitative estimate of drug-likeness (QED) is 0.705. The molecule has 0 saturated carbocycles. The lowest BCUT2D eigenvalue weighted by atomic mass is 10.1. The minimum absolute atomic E-state index is 0.768. The number of aromatic nitrogens is 2. The number of anilines is 3. The molecule has 1 saturated heterocycles. The fourth-order valence-electron chi connectivity index (χ4n) is 3.82. The summed E-state index contributed by atoms with van der Waals surface area (Å²) in [4.78, 5) is 14.1. The molecule has 0 bridgehead atoms. The highest BCUT2D eigenvalue weighted by Gasteiger charge is 2.19. The van der Waals surface area contributed by atoms with Crippen molar-refractivity contribution in [3.63, 3.8) is 0 Å². The molecule has 150 valence electrons. The lowest BCUT2D eigenvalue weighted by Crippen LogP contribution is -2.47. The van der Waals surface area contributed by atoms with Crippen molar-refractivity contribution in [3.05, 3.63) is 77.1 Å². The normalized spacial score (nSPS) is 14.2. The van der Waals surface area contributed by atoms with E-state index in [9.17, 15) is 0 Å². The van der Waals surface area contributed by atoms with E-state index >= 15 is 0 Å². The third-order valence-electron chi connectivity index (χ3n) is 5.52. The summed E-state index contributed by atoms with van der Waals surface area (Å²) in [5, 5.41) is 3.47. The van der Waals surface area contributed by atoms with Gasteiger partial charge in [0, 0.05) is 44.5 Å². The summed E-state index contributed by atoms with van der Waals surface area (Å²) in [6.45, 7) is 10.9. The summed E-state index contributed by atoms with van der Waals surface area (Å²) in [5.41, 5.74) is 5.19. The lowest BCUT2D eigenvalue weighted by Gasteiger charge is -2.37. The third-order valence-corrected chi connectivity index (χ3v) is 5.52. The molecule has 5 heteroatoms. The first-order chi connectivity index (χ1) is 14.1. The van der Waals surface area contributed by atoms with Crippen molar-refractivity contribution in [2.45, 2.75) is 27.3 Å². The van der Waals surface area contributed by atoms with Crippen molar-refractivity contribution in [1.82, 2.24) is 9.97 Å².